The molecule has 1 aliphatic rings. The SMILES string of the molecule is C=CC(=O)OCC(COC(=O)C=C)(COC(=O)C=C)OC(COC(=O)C=C)(COC(=O)C=C)COC(=O)OCC(O)COc1ccc(C2(c3ccc(OCC(O)COC(=O)OCC(COC(=O)C=C)(COC(=O)C=C)OC(COC(=O)C=C)(COC(=O)C=C)COC(=O)C=C)cc3)c3ccccc3-c3ccccc32)cc1.C=CC(=O)OCC(COC(=O)O)(COC(=O)C=C)OC(COC(=O)C=C)(COC(=O)C=C)COC(=O)C=C. The van der Waals surface area contributed by atoms with Gasteiger partial charge in [0.25, 0.3) is 0 Å². The zero-order valence-corrected chi connectivity index (χ0v) is 80.6. The third-order valence-electron chi connectivity index (χ3n) is 19.5. The fraction of sp³-hybridized carbons (Fsp3) is 0.301. The summed E-state index contributed by atoms with van der Waals surface area (Å²) < 4.78 is 134. The topological polar surface area (TPSA) is 599 Å². The zero-order chi connectivity index (χ0) is 111. The third-order valence-corrected chi connectivity index (χ3v) is 19.5. The molecule has 0 aromatic heterocycles. The third kappa shape index (κ3) is 41.1. The van der Waals surface area contributed by atoms with Crippen molar-refractivity contribution in [2.75, 3.05) is 145 Å². The second-order valence-corrected chi connectivity index (χ2v) is 30.7. The molecule has 3 N–H and O–H groups in total. The van der Waals surface area contributed by atoms with Crippen LogP contribution in [-0.4, -0.2) is 314 Å². The van der Waals surface area contributed by atoms with Crippen LogP contribution >= 0.6 is 0 Å². The van der Waals surface area contributed by atoms with Crippen LogP contribution in [0, 0.1) is 0 Å². The number of carboxylic acid groups (broad SMARTS) is 1. The maximum Gasteiger partial charge on any atom is 0.508 e. The van der Waals surface area contributed by atoms with Crippen molar-refractivity contribution in [2.24, 2.45) is 0 Å². The molecule has 0 saturated heterocycles. The van der Waals surface area contributed by atoms with Gasteiger partial charge in [-0.1, -0.05) is 171 Å². The monoisotopic (exact) mass is 2080 g/mol. The van der Waals surface area contributed by atoms with Gasteiger partial charge >= 0.3 is 108 Å². The molecule has 798 valence electrons. The van der Waals surface area contributed by atoms with Gasteiger partial charge < -0.3 is 134 Å². The summed E-state index contributed by atoms with van der Waals surface area (Å²) in [6.07, 6.45) is 3.68. The molecule has 0 fully saturated rings. The Labute approximate surface area is 852 Å². The highest BCUT2D eigenvalue weighted by Gasteiger charge is 2.53. The normalized spacial score (nSPS) is 11.8. The van der Waals surface area contributed by atoms with Crippen LogP contribution in [0.5, 0.6) is 11.5 Å². The van der Waals surface area contributed by atoms with Crippen molar-refractivity contribution < 1.29 is 220 Å². The Morgan fingerprint density at radius 3 is 0.570 bits per heavy atom. The van der Waals surface area contributed by atoms with E-state index in [0.29, 0.717) is 0 Å². The fourth-order valence-corrected chi connectivity index (χ4v) is 12.7. The molecule has 46 nitrogen and oxygen atoms in total. The molecule has 4 aromatic rings. The van der Waals surface area contributed by atoms with E-state index in [-0.39, 0.29) is 11.5 Å². The minimum atomic E-state index is -2.38. The Hall–Kier alpha value is -17.8. The highest BCUT2D eigenvalue weighted by atomic mass is 16.8. The number of rotatable bonds is 69. The summed E-state index contributed by atoms with van der Waals surface area (Å²) in [5.41, 5.74) is -9.50. The molecule has 0 spiro atoms. The highest BCUT2D eigenvalue weighted by molar-refractivity contribution is 5.89. The van der Waals surface area contributed by atoms with E-state index in [1.807, 2.05) is 72.8 Å². The first kappa shape index (κ1) is 124. The van der Waals surface area contributed by atoms with Gasteiger partial charge in [-0.15, -0.1) is 0 Å². The van der Waals surface area contributed by atoms with E-state index in [9.17, 15) is 96.5 Å². The Kier molecular flexibility index (Phi) is 52.0. The van der Waals surface area contributed by atoms with Gasteiger partial charge in [-0.25, -0.2) is 86.3 Å². The zero-order valence-electron chi connectivity index (χ0n) is 80.6. The van der Waals surface area contributed by atoms with E-state index in [1.54, 1.807) is 24.3 Å². The number of ether oxygens (including phenoxy) is 25. The first-order valence-corrected chi connectivity index (χ1v) is 43.5. The number of fused-ring (bicyclic) bond motifs is 3. The Bertz CT molecular complexity index is 5030. The second kappa shape index (κ2) is 62.7. The standard InChI is InChI=1S/C79H82O32.C24H28O14/c1-11-63(82)98-41-75(42-99-64(83)12-2,43-100-65(84)13-3)110-77(47-104-69(88)17-7,48-105-70(89)18-8)51-108-73(92)96-39-55(80)37-94-57-33-29-53(30-34-57)79(61-27-23-21-25-59(61)60-26-22-24-28-62(60)79)54-31-35-58(36-32-54)95-38-56(81)40-97-74(93)109-52-78(49-106-71(90)19-9,50-107-72(91)20-10)111-76(44-101-66(85)14-4,45-102-67(86)15-5)46-103-68(87)16-6;1-6-17(25)32-11-23(12-33-18(26)7-2,13-34-19(27)8-3)38-24(16-37-22(30)31,14-35-20(28)9-4)15-36-21(29)10-5/h11-36,55-56,80-81H,1-10,37-52H2;6-10H,1-5,11-16H2,(H,30,31). The molecule has 0 saturated carbocycles. The molecule has 0 aliphatic heterocycles. The van der Waals surface area contributed by atoms with Crippen molar-refractivity contribution in [1.82, 2.24) is 0 Å². The summed E-state index contributed by atoms with van der Waals surface area (Å²) in [5, 5.41) is 31.3. The lowest BCUT2D eigenvalue weighted by atomic mass is 9.68. The van der Waals surface area contributed by atoms with E-state index in [4.69, 9.17) is 119 Å². The molecule has 4 aromatic carbocycles. The highest BCUT2D eigenvalue weighted by Crippen LogP contribution is 2.56. The summed E-state index contributed by atoms with van der Waals surface area (Å²) in [6, 6.07) is 29.5. The molecule has 0 bridgehead atoms. The molecule has 5 rings (SSSR count). The maximum absolute atomic E-state index is 13.4. The van der Waals surface area contributed by atoms with Crippen LogP contribution in [0.2, 0.25) is 0 Å². The number of benzene rings is 4. The van der Waals surface area contributed by atoms with E-state index in [1.165, 1.54) is 0 Å². The van der Waals surface area contributed by atoms with Crippen LogP contribution in [0.3, 0.4) is 0 Å². The molecule has 0 heterocycles. The molecular weight excluding hydrogens is 1970 g/mol. The van der Waals surface area contributed by atoms with Crippen molar-refractivity contribution in [3.63, 3.8) is 0 Å². The lowest BCUT2D eigenvalue weighted by Gasteiger charge is -2.41. The number of aliphatic hydroxyl groups is 2. The second-order valence-electron chi connectivity index (χ2n) is 30.7. The Morgan fingerprint density at radius 1 is 0.228 bits per heavy atom. The Balaban J connectivity index is 0.00000102. The van der Waals surface area contributed by atoms with Gasteiger partial charge in [0.05, 0.1) is 5.41 Å². The number of carbonyl (C=O) groups excluding carboxylic acids is 17. The molecular formula is C103H110O46. The largest absolute Gasteiger partial charge is 0.508 e. The number of hydrogen-bond acceptors (Lipinski definition) is 45. The summed E-state index contributed by atoms with van der Waals surface area (Å²) in [5.74, 6) is -15.0. The van der Waals surface area contributed by atoms with Crippen molar-refractivity contribution in [1.29, 1.82) is 0 Å². The van der Waals surface area contributed by atoms with Gasteiger partial charge in [0, 0.05) is 91.1 Å². The molecule has 2 unspecified atom stereocenters. The fourth-order valence-electron chi connectivity index (χ4n) is 12.7. The lowest BCUT2D eigenvalue weighted by molar-refractivity contribution is -0.251. The van der Waals surface area contributed by atoms with E-state index < -0.39 is 305 Å². The van der Waals surface area contributed by atoms with Gasteiger partial charge in [0.1, 0.15) is 169 Å². The first-order valence-electron chi connectivity index (χ1n) is 43.5. The van der Waals surface area contributed by atoms with Crippen LogP contribution in [0.4, 0.5) is 14.4 Å². The predicted molar refractivity (Wildman–Crippen MR) is 512 cm³/mol. The van der Waals surface area contributed by atoms with Crippen LogP contribution in [0.15, 0.2) is 287 Å². The quantitative estimate of drug-likeness (QED) is 0.0201. The van der Waals surface area contributed by atoms with Crippen molar-refractivity contribution in [3.8, 4) is 22.6 Å². The van der Waals surface area contributed by atoms with Crippen LogP contribution in [0.1, 0.15) is 22.3 Å². The number of esters is 15. The number of aliphatic hydroxyl groups excluding tert-OH is 2. The van der Waals surface area contributed by atoms with E-state index in [2.05, 4.69) is 103 Å². The summed E-state index contributed by atoms with van der Waals surface area (Å²) in [4.78, 5) is 222. The lowest BCUT2D eigenvalue weighted by Crippen LogP contribution is -2.59. The van der Waals surface area contributed by atoms with Gasteiger partial charge in [0.2, 0.25) is 0 Å². The van der Waals surface area contributed by atoms with Gasteiger partial charge in [-0.05, 0) is 57.6 Å². The van der Waals surface area contributed by atoms with Crippen LogP contribution < -0.4 is 9.47 Å². The molecule has 0 radical (unpaired) electrons. The van der Waals surface area contributed by atoms with Crippen LogP contribution in [0.25, 0.3) is 11.1 Å². The minimum Gasteiger partial charge on any atom is -0.491 e. The van der Waals surface area contributed by atoms with Crippen molar-refractivity contribution in [3.05, 3.63) is 309 Å². The predicted octanol–water partition coefficient (Wildman–Crippen LogP) is 6.94. The maximum atomic E-state index is 13.4. The van der Waals surface area contributed by atoms with Crippen molar-refractivity contribution >= 4 is 108 Å². The molecule has 1 aliphatic carbocycles. The summed E-state index contributed by atoms with van der Waals surface area (Å²) in [6.45, 7) is 30.6. The summed E-state index contributed by atoms with van der Waals surface area (Å²) >= 11 is 0. The molecule has 2 atom stereocenters. The first-order chi connectivity index (χ1) is 71.0. The van der Waals surface area contributed by atoms with Crippen LogP contribution in [-0.2, 0) is 186 Å². The molecule has 149 heavy (non-hydrogen) atoms. The van der Waals surface area contributed by atoms with Gasteiger partial charge in [-0.3, -0.25) is 0 Å². The average molecular weight is 2080 g/mol. The molecule has 46 heteroatoms. The van der Waals surface area contributed by atoms with Gasteiger partial charge in [0.15, 0.2) is 33.6 Å². The number of hydrogen-bond donors (Lipinski definition) is 3. The smallest absolute Gasteiger partial charge is 0.491 e. The van der Waals surface area contributed by atoms with Gasteiger partial charge in [-0.2, -0.15) is 0 Å². The minimum absolute atomic E-state index is 0.262. The number of carbonyl (C=O) groups is 18. The van der Waals surface area contributed by atoms with E-state index in [0.717, 1.165) is 125 Å². The molecule has 0 amide bonds. The Morgan fingerprint density at radius 2 is 0.396 bits per heavy atom. The average Bonchev–Trinajstić information content (AvgIpc) is 1.54. The summed E-state index contributed by atoms with van der Waals surface area (Å²) in [7, 11) is 0. The van der Waals surface area contributed by atoms with E-state index >= 15 is 0 Å². The van der Waals surface area contributed by atoms with Crippen molar-refractivity contribution in [2.45, 2.75) is 51.2 Å².